The SMILES string of the molecule is COc1cc(C(=O)N2CC(C)(C)OC[C@H]2CCO)cc2nc(CCc3cc(Cl)ccn3)oc12. The summed E-state index contributed by atoms with van der Waals surface area (Å²) in [6.45, 7) is 4.68. The first-order valence-electron chi connectivity index (χ1n) is 10.9. The number of aromatic nitrogens is 2. The van der Waals surface area contributed by atoms with Crippen molar-refractivity contribution in [3.05, 3.63) is 52.6 Å². The van der Waals surface area contributed by atoms with Gasteiger partial charge in [0.2, 0.25) is 0 Å². The largest absolute Gasteiger partial charge is 0.493 e. The van der Waals surface area contributed by atoms with E-state index in [1.54, 1.807) is 29.3 Å². The standard InChI is InChI=1S/C24H28ClN3O5/c1-24(2)14-28(18(7-9-29)13-32-24)23(30)15-10-19-22(20(11-15)31-3)33-21(27-19)5-4-17-12-16(25)6-8-26-17/h6,8,10-12,18,29H,4-5,7,9,13-14H2,1-3H3/t18-/m1/s1. The summed E-state index contributed by atoms with van der Waals surface area (Å²) in [7, 11) is 1.54. The van der Waals surface area contributed by atoms with Crippen molar-refractivity contribution in [2.24, 2.45) is 0 Å². The minimum Gasteiger partial charge on any atom is -0.493 e. The van der Waals surface area contributed by atoms with Gasteiger partial charge in [-0.2, -0.15) is 0 Å². The summed E-state index contributed by atoms with van der Waals surface area (Å²) in [5, 5.41) is 10.1. The number of methoxy groups -OCH3 is 1. The molecule has 33 heavy (non-hydrogen) atoms. The molecule has 0 aliphatic carbocycles. The Morgan fingerprint density at radius 3 is 2.88 bits per heavy atom. The predicted molar refractivity (Wildman–Crippen MR) is 124 cm³/mol. The van der Waals surface area contributed by atoms with Crippen LogP contribution in [0.1, 0.15) is 42.2 Å². The number of halogens is 1. The highest BCUT2D eigenvalue weighted by atomic mass is 35.5. The molecule has 9 heteroatoms. The van der Waals surface area contributed by atoms with E-state index in [-0.39, 0.29) is 18.6 Å². The van der Waals surface area contributed by atoms with E-state index in [0.29, 0.717) is 65.7 Å². The van der Waals surface area contributed by atoms with Crippen molar-refractivity contribution >= 4 is 28.6 Å². The lowest BCUT2D eigenvalue weighted by Gasteiger charge is -2.43. The summed E-state index contributed by atoms with van der Waals surface area (Å²) in [6, 6.07) is 6.75. The Bertz CT molecular complexity index is 1150. The van der Waals surface area contributed by atoms with E-state index in [1.165, 1.54) is 7.11 Å². The second-order valence-electron chi connectivity index (χ2n) is 8.77. The van der Waals surface area contributed by atoms with E-state index in [0.717, 1.165) is 5.69 Å². The van der Waals surface area contributed by atoms with Crippen molar-refractivity contribution in [3.63, 3.8) is 0 Å². The normalized spacial score (nSPS) is 18.0. The topological polar surface area (TPSA) is 97.9 Å². The van der Waals surface area contributed by atoms with Crippen molar-refractivity contribution in [3.8, 4) is 5.75 Å². The Labute approximate surface area is 197 Å². The van der Waals surface area contributed by atoms with Gasteiger partial charge < -0.3 is 23.9 Å². The molecule has 1 fully saturated rings. The molecule has 8 nitrogen and oxygen atoms in total. The molecule has 176 valence electrons. The van der Waals surface area contributed by atoms with Crippen molar-refractivity contribution < 1.29 is 23.8 Å². The highest BCUT2D eigenvalue weighted by molar-refractivity contribution is 6.30. The Morgan fingerprint density at radius 2 is 2.15 bits per heavy atom. The maximum Gasteiger partial charge on any atom is 0.254 e. The average molecular weight is 474 g/mol. The minimum absolute atomic E-state index is 0.0191. The minimum atomic E-state index is -0.467. The number of oxazole rings is 1. The molecule has 3 aromatic rings. The molecule has 1 atom stereocenters. The number of ether oxygens (including phenoxy) is 2. The number of aryl methyl sites for hydroxylation is 2. The summed E-state index contributed by atoms with van der Waals surface area (Å²) in [4.78, 5) is 24.2. The molecule has 1 aliphatic heterocycles. The fourth-order valence-electron chi connectivity index (χ4n) is 4.04. The Balaban J connectivity index is 1.60. The van der Waals surface area contributed by atoms with Gasteiger partial charge in [0.15, 0.2) is 17.2 Å². The summed E-state index contributed by atoms with van der Waals surface area (Å²) < 4.78 is 17.3. The Kier molecular flexibility index (Phi) is 6.88. The molecule has 0 unspecified atom stereocenters. The van der Waals surface area contributed by atoms with Crippen LogP contribution in [0.25, 0.3) is 11.1 Å². The predicted octanol–water partition coefficient (Wildman–Crippen LogP) is 3.67. The van der Waals surface area contributed by atoms with Crippen LogP contribution in [0.15, 0.2) is 34.9 Å². The maximum atomic E-state index is 13.5. The first kappa shape index (κ1) is 23.5. The third-order valence-corrected chi connectivity index (χ3v) is 5.96. The van der Waals surface area contributed by atoms with E-state index in [9.17, 15) is 9.90 Å². The smallest absolute Gasteiger partial charge is 0.254 e. The molecule has 3 heterocycles. The number of nitrogens with zero attached hydrogens (tertiary/aromatic N) is 3. The van der Waals surface area contributed by atoms with E-state index in [1.807, 2.05) is 19.9 Å². The van der Waals surface area contributed by atoms with E-state index in [2.05, 4.69) is 9.97 Å². The van der Waals surface area contributed by atoms with Crippen molar-refractivity contribution in [2.75, 3.05) is 26.9 Å². The number of pyridine rings is 1. The fourth-order valence-corrected chi connectivity index (χ4v) is 4.22. The summed E-state index contributed by atoms with van der Waals surface area (Å²) in [6.07, 6.45) is 3.27. The van der Waals surface area contributed by atoms with Gasteiger partial charge in [0.1, 0.15) is 5.52 Å². The number of benzene rings is 1. The van der Waals surface area contributed by atoms with Crippen molar-refractivity contribution in [1.82, 2.24) is 14.9 Å². The van der Waals surface area contributed by atoms with Gasteiger partial charge in [-0.1, -0.05) is 11.6 Å². The van der Waals surface area contributed by atoms with Crippen LogP contribution in [0, 0.1) is 0 Å². The number of carbonyl (C=O) groups is 1. The van der Waals surface area contributed by atoms with Crippen LogP contribution < -0.4 is 4.74 Å². The van der Waals surface area contributed by atoms with Crippen molar-refractivity contribution in [2.45, 2.75) is 44.8 Å². The summed E-state index contributed by atoms with van der Waals surface area (Å²) in [5.41, 5.74) is 1.88. The summed E-state index contributed by atoms with van der Waals surface area (Å²) >= 11 is 6.04. The zero-order valence-electron chi connectivity index (χ0n) is 19.0. The van der Waals surface area contributed by atoms with Crippen LogP contribution in [0.4, 0.5) is 0 Å². The highest BCUT2D eigenvalue weighted by Crippen LogP contribution is 2.31. The number of hydrogen-bond donors (Lipinski definition) is 1. The van der Waals surface area contributed by atoms with E-state index in [4.69, 9.17) is 25.5 Å². The van der Waals surface area contributed by atoms with Gasteiger partial charge in [-0.05, 0) is 51.0 Å². The number of aliphatic hydroxyl groups is 1. The zero-order valence-corrected chi connectivity index (χ0v) is 19.8. The van der Waals surface area contributed by atoms with Crippen LogP contribution in [-0.2, 0) is 17.6 Å². The van der Waals surface area contributed by atoms with Gasteiger partial charge in [-0.15, -0.1) is 0 Å². The number of aliphatic hydroxyl groups excluding tert-OH is 1. The van der Waals surface area contributed by atoms with Gasteiger partial charge in [-0.3, -0.25) is 9.78 Å². The lowest BCUT2D eigenvalue weighted by atomic mass is 10.0. The van der Waals surface area contributed by atoms with Crippen LogP contribution in [0.2, 0.25) is 5.02 Å². The van der Waals surface area contributed by atoms with Gasteiger partial charge in [0.25, 0.3) is 5.91 Å². The number of rotatable bonds is 7. The Morgan fingerprint density at radius 1 is 1.33 bits per heavy atom. The number of carbonyl (C=O) groups excluding carboxylic acids is 1. The number of amides is 1. The molecular weight excluding hydrogens is 446 g/mol. The van der Waals surface area contributed by atoms with Gasteiger partial charge in [-0.25, -0.2) is 4.98 Å². The maximum absolute atomic E-state index is 13.5. The molecule has 4 rings (SSSR count). The highest BCUT2D eigenvalue weighted by Gasteiger charge is 2.37. The van der Waals surface area contributed by atoms with E-state index >= 15 is 0 Å². The lowest BCUT2D eigenvalue weighted by molar-refractivity contribution is -0.105. The van der Waals surface area contributed by atoms with Gasteiger partial charge in [0, 0.05) is 42.0 Å². The second-order valence-corrected chi connectivity index (χ2v) is 9.21. The second kappa shape index (κ2) is 9.67. The fraction of sp³-hybridized carbons (Fsp3) is 0.458. The van der Waals surface area contributed by atoms with Gasteiger partial charge >= 0.3 is 0 Å². The van der Waals surface area contributed by atoms with Crippen LogP contribution in [0.3, 0.4) is 0 Å². The molecule has 0 spiro atoms. The molecule has 1 aromatic carbocycles. The number of hydrogen-bond acceptors (Lipinski definition) is 7. The monoisotopic (exact) mass is 473 g/mol. The average Bonchev–Trinajstić information content (AvgIpc) is 3.21. The number of morpholine rings is 1. The Hall–Kier alpha value is -2.68. The van der Waals surface area contributed by atoms with Gasteiger partial charge in [0.05, 0.1) is 25.4 Å². The molecule has 2 aromatic heterocycles. The third kappa shape index (κ3) is 5.29. The molecular formula is C24H28ClN3O5. The molecule has 1 aliphatic rings. The molecule has 1 amide bonds. The number of fused-ring (bicyclic) bond motifs is 1. The van der Waals surface area contributed by atoms with Crippen LogP contribution in [0.5, 0.6) is 5.75 Å². The first-order chi connectivity index (χ1) is 15.8. The van der Waals surface area contributed by atoms with E-state index < -0.39 is 5.60 Å². The molecule has 0 bridgehead atoms. The van der Waals surface area contributed by atoms with Crippen LogP contribution in [-0.4, -0.2) is 64.4 Å². The first-order valence-corrected chi connectivity index (χ1v) is 11.3. The molecule has 0 radical (unpaired) electrons. The van der Waals surface area contributed by atoms with Crippen molar-refractivity contribution in [1.29, 1.82) is 0 Å². The molecule has 1 N–H and O–H groups in total. The summed E-state index contributed by atoms with van der Waals surface area (Å²) in [5.74, 6) is 0.819. The quantitative estimate of drug-likeness (QED) is 0.559. The molecule has 1 saturated heterocycles. The van der Waals surface area contributed by atoms with Crippen LogP contribution >= 0.6 is 11.6 Å². The lowest BCUT2D eigenvalue weighted by Crippen LogP contribution is -2.56. The third-order valence-electron chi connectivity index (χ3n) is 5.72. The molecule has 0 saturated carbocycles. The zero-order chi connectivity index (χ0) is 23.6.